The Balaban J connectivity index is 1.25. The third-order valence-electron chi connectivity index (χ3n) is 10.6. The molecule has 4 aromatic heterocycles. The van der Waals surface area contributed by atoms with E-state index in [1.165, 1.54) is 5.39 Å². The lowest BCUT2D eigenvalue weighted by atomic mass is 9.98. The van der Waals surface area contributed by atoms with Crippen LogP contribution in [0.25, 0.3) is 115 Å². The zero-order chi connectivity index (χ0) is 33.2. The molecule has 0 N–H and O–H groups in total. The van der Waals surface area contributed by atoms with Crippen molar-refractivity contribution in [2.24, 2.45) is 0 Å². The monoisotopic (exact) mass is 651 g/mol. The van der Waals surface area contributed by atoms with Gasteiger partial charge >= 0.3 is 0 Å². The van der Waals surface area contributed by atoms with E-state index in [-0.39, 0.29) is 0 Å². The molecule has 0 unspecified atom stereocenters. The van der Waals surface area contributed by atoms with Gasteiger partial charge in [0, 0.05) is 32.5 Å². The Labute approximate surface area is 289 Å². The Morgan fingerprint density at radius 2 is 1.10 bits per heavy atom. The molecule has 0 spiro atoms. The summed E-state index contributed by atoms with van der Waals surface area (Å²) in [5.41, 5.74) is 7.90. The van der Waals surface area contributed by atoms with Crippen molar-refractivity contribution < 1.29 is 8.83 Å². The maximum Gasteiger partial charge on any atom is 0.236 e. The van der Waals surface area contributed by atoms with Crippen molar-refractivity contribution in [1.82, 2.24) is 14.5 Å². The summed E-state index contributed by atoms with van der Waals surface area (Å²) in [6, 6.07) is 53.0. The van der Waals surface area contributed by atoms with E-state index < -0.39 is 0 Å². The predicted octanol–water partition coefficient (Wildman–Crippen LogP) is 12.5. The fraction of sp³-hybridized carbons (Fsp3) is 0. The van der Waals surface area contributed by atoms with Crippen LogP contribution in [0.5, 0.6) is 0 Å². The van der Waals surface area contributed by atoms with Crippen LogP contribution in [0.3, 0.4) is 0 Å². The van der Waals surface area contributed by atoms with Gasteiger partial charge in [0.05, 0.1) is 16.4 Å². The lowest BCUT2D eigenvalue weighted by Crippen LogP contribution is -2.03. The van der Waals surface area contributed by atoms with Crippen LogP contribution in [0.15, 0.2) is 160 Å². The number of aromatic nitrogens is 3. The van der Waals surface area contributed by atoms with Crippen molar-refractivity contribution in [2.45, 2.75) is 0 Å². The minimum atomic E-state index is 0.599. The van der Waals surface area contributed by atoms with Crippen LogP contribution in [-0.4, -0.2) is 14.5 Å². The molecule has 12 aromatic rings. The average molecular weight is 652 g/mol. The summed E-state index contributed by atoms with van der Waals surface area (Å²) in [6.45, 7) is 0. The highest BCUT2D eigenvalue weighted by atomic mass is 16.3. The van der Waals surface area contributed by atoms with Gasteiger partial charge in [-0.25, -0.2) is 9.97 Å². The number of fused-ring (bicyclic) bond motifs is 16. The molecule has 5 heteroatoms. The van der Waals surface area contributed by atoms with Crippen molar-refractivity contribution in [1.29, 1.82) is 0 Å². The van der Waals surface area contributed by atoms with E-state index in [1.807, 2.05) is 30.3 Å². The van der Waals surface area contributed by atoms with E-state index in [1.54, 1.807) is 0 Å². The molecule has 4 heterocycles. The van der Waals surface area contributed by atoms with Crippen LogP contribution in [0, 0.1) is 0 Å². The highest BCUT2D eigenvalue weighted by Gasteiger charge is 2.24. The molecule has 51 heavy (non-hydrogen) atoms. The Morgan fingerprint density at radius 1 is 0.412 bits per heavy atom. The summed E-state index contributed by atoms with van der Waals surface area (Å²) in [5.74, 6) is 0.599. The SMILES string of the molecule is c1ccc(-c2nc(-n3c4ccccc4c4cc5c(ccc6oc7ccccc7c65)cc43)nc3c2oc2c4ccccc4c4ccccc4c32)cc1. The normalized spacial score (nSPS) is 12.3. The van der Waals surface area contributed by atoms with Crippen molar-refractivity contribution in [3.05, 3.63) is 152 Å². The van der Waals surface area contributed by atoms with Gasteiger partial charge in [-0.15, -0.1) is 0 Å². The van der Waals surface area contributed by atoms with Gasteiger partial charge in [-0.3, -0.25) is 4.57 Å². The van der Waals surface area contributed by atoms with Crippen molar-refractivity contribution in [2.75, 3.05) is 0 Å². The largest absolute Gasteiger partial charge is 0.456 e. The van der Waals surface area contributed by atoms with Crippen LogP contribution < -0.4 is 0 Å². The van der Waals surface area contributed by atoms with Crippen LogP contribution in [0.2, 0.25) is 0 Å². The molecule has 0 aliphatic rings. The Bertz CT molecular complexity index is 3420. The number of hydrogen-bond donors (Lipinski definition) is 0. The summed E-state index contributed by atoms with van der Waals surface area (Å²) < 4.78 is 15.4. The second-order valence-electron chi connectivity index (χ2n) is 13.3. The maximum absolute atomic E-state index is 6.89. The molecule has 0 aliphatic heterocycles. The molecule has 0 atom stereocenters. The second-order valence-corrected chi connectivity index (χ2v) is 13.3. The molecule has 0 amide bonds. The van der Waals surface area contributed by atoms with Gasteiger partial charge in [-0.2, -0.15) is 0 Å². The molecular weight excluding hydrogens is 627 g/mol. The van der Waals surface area contributed by atoms with Crippen LogP contribution >= 0.6 is 0 Å². The summed E-state index contributed by atoms with van der Waals surface area (Å²) in [5, 5.41) is 12.3. The first-order valence-corrected chi connectivity index (χ1v) is 17.2. The second kappa shape index (κ2) is 9.80. The average Bonchev–Trinajstić information content (AvgIpc) is 3.87. The van der Waals surface area contributed by atoms with Crippen LogP contribution in [0.1, 0.15) is 0 Å². The summed E-state index contributed by atoms with van der Waals surface area (Å²) in [6.07, 6.45) is 0. The standard InChI is InChI=1S/C46H25N3O2/c1-2-12-26(13-3-1)42-45-43(41-31-17-6-4-14-28(31)29-15-5-7-18-32(29)44(41)51-45)48-46(47-42)49-36-20-10-8-16-30(36)35-25-34-27(24-37(35)49)22-23-39-40(34)33-19-9-11-21-38(33)50-39/h1-25H. The minimum Gasteiger partial charge on any atom is -0.456 e. The van der Waals surface area contributed by atoms with Crippen molar-refractivity contribution in [3.63, 3.8) is 0 Å². The van der Waals surface area contributed by atoms with E-state index >= 15 is 0 Å². The number of rotatable bonds is 2. The van der Waals surface area contributed by atoms with E-state index in [0.29, 0.717) is 11.5 Å². The van der Waals surface area contributed by atoms with Crippen molar-refractivity contribution >= 4 is 98.1 Å². The highest BCUT2D eigenvalue weighted by Crippen LogP contribution is 2.44. The number of para-hydroxylation sites is 2. The smallest absolute Gasteiger partial charge is 0.236 e. The van der Waals surface area contributed by atoms with Gasteiger partial charge in [0.15, 0.2) is 5.58 Å². The number of nitrogens with zero attached hydrogens (tertiary/aromatic N) is 3. The Hall–Kier alpha value is -6.98. The highest BCUT2D eigenvalue weighted by molar-refractivity contribution is 6.30. The van der Waals surface area contributed by atoms with E-state index in [2.05, 4.69) is 126 Å². The van der Waals surface area contributed by atoms with Gasteiger partial charge in [0.25, 0.3) is 0 Å². The van der Waals surface area contributed by atoms with Gasteiger partial charge < -0.3 is 8.83 Å². The fourth-order valence-electron chi connectivity index (χ4n) is 8.37. The van der Waals surface area contributed by atoms with E-state index in [9.17, 15) is 0 Å². The van der Waals surface area contributed by atoms with Gasteiger partial charge in [0.2, 0.25) is 5.95 Å². The van der Waals surface area contributed by atoms with Crippen LogP contribution in [-0.2, 0) is 0 Å². The number of hydrogen-bond acceptors (Lipinski definition) is 4. The molecule has 0 aliphatic carbocycles. The topological polar surface area (TPSA) is 57.0 Å². The first-order valence-electron chi connectivity index (χ1n) is 17.2. The zero-order valence-corrected chi connectivity index (χ0v) is 27.1. The molecule has 12 rings (SSSR count). The zero-order valence-electron chi connectivity index (χ0n) is 27.1. The lowest BCUT2D eigenvalue weighted by Gasteiger charge is -2.10. The molecule has 0 bridgehead atoms. The Morgan fingerprint density at radius 3 is 1.94 bits per heavy atom. The number of benzene rings is 8. The van der Waals surface area contributed by atoms with Gasteiger partial charge in [-0.1, -0.05) is 121 Å². The molecule has 0 saturated heterocycles. The third-order valence-corrected chi connectivity index (χ3v) is 10.6. The molecule has 5 nitrogen and oxygen atoms in total. The van der Waals surface area contributed by atoms with Crippen LogP contribution in [0.4, 0.5) is 0 Å². The van der Waals surface area contributed by atoms with Gasteiger partial charge in [0.1, 0.15) is 28.0 Å². The minimum absolute atomic E-state index is 0.599. The van der Waals surface area contributed by atoms with E-state index in [4.69, 9.17) is 18.8 Å². The van der Waals surface area contributed by atoms with Crippen molar-refractivity contribution in [3.8, 4) is 17.2 Å². The molecule has 0 fully saturated rings. The molecule has 0 radical (unpaired) electrons. The lowest BCUT2D eigenvalue weighted by molar-refractivity contribution is 0.669. The maximum atomic E-state index is 6.89. The fourth-order valence-corrected chi connectivity index (χ4v) is 8.37. The Kier molecular flexibility index (Phi) is 5.17. The predicted molar refractivity (Wildman–Crippen MR) is 209 cm³/mol. The molecular formula is C46H25N3O2. The first kappa shape index (κ1) is 26.9. The third kappa shape index (κ3) is 3.59. The summed E-state index contributed by atoms with van der Waals surface area (Å²) >= 11 is 0. The first-order chi connectivity index (χ1) is 25.3. The quantitative estimate of drug-likeness (QED) is 0.175. The summed E-state index contributed by atoms with van der Waals surface area (Å²) in [7, 11) is 0. The number of furan rings is 2. The summed E-state index contributed by atoms with van der Waals surface area (Å²) in [4.78, 5) is 10.8. The van der Waals surface area contributed by atoms with Gasteiger partial charge in [-0.05, 0) is 57.3 Å². The van der Waals surface area contributed by atoms with E-state index in [0.717, 1.165) is 98.4 Å². The molecule has 8 aromatic carbocycles. The molecule has 236 valence electrons. The molecule has 0 saturated carbocycles.